The summed E-state index contributed by atoms with van der Waals surface area (Å²) in [5, 5.41) is 12.8. The number of para-hydroxylation sites is 1. The van der Waals surface area contributed by atoms with Gasteiger partial charge in [-0.25, -0.2) is 0 Å². The van der Waals surface area contributed by atoms with Gasteiger partial charge in [-0.3, -0.25) is 9.78 Å². The number of pyridine rings is 1. The number of hydrogen-bond donors (Lipinski definition) is 1. The van der Waals surface area contributed by atoms with E-state index in [2.05, 4.69) is 16.4 Å². The van der Waals surface area contributed by atoms with Crippen molar-refractivity contribution in [1.29, 1.82) is 5.26 Å². The third-order valence-corrected chi connectivity index (χ3v) is 3.49. The summed E-state index contributed by atoms with van der Waals surface area (Å²) in [6, 6.07) is 11.6. The SMILES string of the molecule is Cc1cc(NC(=O)C2(C#N)CC2)c2ccccc2n1. The van der Waals surface area contributed by atoms with Crippen molar-refractivity contribution in [2.24, 2.45) is 5.41 Å². The van der Waals surface area contributed by atoms with Gasteiger partial charge in [-0.15, -0.1) is 0 Å². The van der Waals surface area contributed by atoms with Crippen molar-refractivity contribution in [1.82, 2.24) is 4.98 Å². The maximum atomic E-state index is 12.1. The molecule has 0 radical (unpaired) electrons. The van der Waals surface area contributed by atoms with E-state index in [0.29, 0.717) is 12.8 Å². The lowest BCUT2D eigenvalue weighted by molar-refractivity contribution is -0.119. The monoisotopic (exact) mass is 251 g/mol. The van der Waals surface area contributed by atoms with Crippen LogP contribution in [0, 0.1) is 23.7 Å². The molecule has 1 aliphatic rings. The number of nitrogens with one attached hydrogen (secondary N) is 1. The van der Waals surface area contributed by atoms with Crippen molar-refractivity contribution in [3.8, 4) is 6.07 Å². The van der Waals surface area contributed by atoms with Crippen molar-refractivity contribution in [2.45, 2.75) is 19.8 Å². The topological polar surface area (TPSA) is 65.8 Å². The number of hydrogen-bond acceptors (Lipinski definition) is 3. The Labute approximate surface area is 111 Å². The largest absolute Gasteiger partial charge is 0.324 e. The zero-order chi connectivity index (χ0) is 13.5. The molecule has 94 valence electrons. The van der Waals surface area contributed by atoms with Crippen molar-refractivity contribution in [3.05, 3.63) is 36.0 Å². The number of benzene rings is 1. The molecular formula is C15H13N3O. The molecule has 0 atom stereocenters. The lowest BCUT2D eigenvalue weighted by Gasteiger charge is -2.11. The van der Waals surface area contributed by atoms with Crippen LogP contribution < -0.4 is 5.32 Å². The highest BCUT2D eigenvalue weighted by atomic mass is 16.2. The standard InChI is InChI=1S/C15H13N3O/c1-10-8-13(11-4-2-3-5-12(11)17-10)18-14(19)15(9-16)6-7-15/h2-5,8H,6-7H2,1H3,(H,17,18,19). The van der Waals surface area contributed by atoms with E-state index in [4.69, 9.17) is 5.26 Å². The van der Waals surface area contributed by atoms with Gasteiger partial charge in [0, 0.05) is 11.1 Å². The summed E-state index contributed by atoms with van der Waals surface area (Å²) in [4.78, 5) is 16.6. The van der Waals surface area contributed by atoms with E-state index < -0.39 is 5.41 Å². The first-order valence-corrected chi connectivity index (χ1v) is 6.24. The first-order chi connectivity index (χ1) is 9.14. The number of fused-ring (bicyclic) bond motifs is 1. The second-order valence-electron chi connectivity index (χ2n) is 4.98. The molecule has 2 aromatic rings. The van der Waals surface area contributed by atoms with Crippen molar-refractivity contribution in [3.63, 3.8) is 0 Å². The van der Waals surface area contributed by atoms with E-state index in [1.165, 1.54) is 0 Å². The summed E-state index contributed by atoms with van der Waals surface area (Å²) in [6.07, 6.45) is 1.30. The molecule has 1 N–H and O–H groups in total. The molecule has 1 amide bonds. The van der Waals surface area contributed by atoms with Crippen LogP contribution in [-0.4, -0.2) is 10.9 Å². The Morgan fingerprint density at radius 2 is 2.16 bits per heavy atom. The van der Waals surface area contributed by atoms with Crippen LogP contribution in [0.4, 0.5) is 5.69 Å². The number of amides is 1. The zero-order valence-electron chi connectivity index (χ0n) is 10.6. The fourth-order valence-electron chi connectivity index (χ4n) is 2.17. The van der Waals surface area contributed by atoms with E-state index in [1.54, 1.807) is 0 Å². The van der Waals surface area contributed by atoms with Gasteiger partial charge in [0.2, 0.25) is 5.91 Å². The minimum atomic E-state index is -0.807. The molecule has 1 saturated carbocycles. The van der Waals surface area contributed by atoms with E-state index in [9.17, 15) is 4.79 Å². The highest BCUT2D eigenvalue weighted by Crippen LogP contribution is 2.46. The number of aromatic nitrogens is 1. The van der Waals surface area contributed by atoms with Gasteiger partial charge in [0.1, 0.15) is 5.41 Å². The average molecular weight is 251 g/mol. The Bertz CT molecular complexity index is 711. The van der Waals surface area contributed by atoms with E-state index in [1.807, 2.05) is 37.3 Å². The van der Waals surface area contributed by atoms with Gasteiger partial charge in [-0.2, -0.15) is 5.26 Å². The van der Waals surface area contributed by atoms with Gasteiger partial charge in [0.05, 0.1) is 17.3 Å². The zero-order valence-corrected chi connectivity index (χ0v) is 10.6. The second kappa shape index (κ2) is 4.06. The normalized spacial score (nSPS) is 15.8. The van der Waals surface area contributed by atoms with Gasteiger partial charge in [0.25, 0.3) is 0 Å². The number of anilines is 1. The fraction of sp³-hybridized carbons (Fsp3) is 0.267. The maximum Gasteiger partial charge on any atom is 0.244 e. The van der Waals surface area contributed by atoms with Crippen LogP contribution in [0.1, 0.15) is 18.5 Å². The number of rotatable bonds is 2. The lowest BCUT2D eigenvalue weighted by Crippen LogP contribution is -2.23. The molecule has 0 aliphatic heterocycles. The van der Waals surface area contributed by atoms with Crippen molar-refractivity contribution >= 4 is 22.5 Å². The Kier molecular flexibility index (Phi) is 2.49. The minimum absolute atomic E-state index is 0.203. The summed E-state index contributed by atoms with van der Waals surface area (Å²) in [7, 11) is 0. The quantitative estimate of drug-likeness (QED) is 0.892. The predicted molar refractivity (Wildman–Crippen MR) is 72.4 cm³/mol. The Morgan fingerprint density at radius 1 is 1.42 bits per heavy atom. The summed E-state index contributed by atoms with van der Waals surface area (Å²) in [5.41, 5.74) is 1.61. The Balaban J connectivity index is 2.01. The smallest absolute Gasteiger partial charge is 0.244 e. The molecule has 0 bridgehead atoms. The Hall–Kier alpha value is -2.41. The Morgan fingerprint density at radius 3 is 2.84 bits per heavy atom. The van der Waals surface area contributed by atoms with Crippen LogP contribution in [0.5, 0.6) is 0 Å². The predicted octanol–water partition coefficient (Wildman–Crippen LogP) is 2.79. The third-order valence-electron chi connectivity index (χ3n) is 3.49. The molecule has 3 rings (SSSR count). The number of aryl methyl sites for hydroxylation is 1. The molecule has 4 heteroatoms. The molecule has 1 aliphatic carbocycles. The maximum absolute atomic E-state index is 12.1. The summed E-state index contributed by atoms with van der Waals surface area (Å²) in [6.45, 7) is 1.89. The minimum Gasteiger partial charge on any atom is -0.324 e. The molecule has 1 fully saturated rings. The fourth-order valence-corrected chi connectivity index (χ4v) is 2.17. The highest BCUT2D eigenvalue weighted by molar-refractivity contribution is 6.05. The second-order valence-corrected chi connectivity index (χ2v) is 4.98. The summed E-state index contributed by atoms with van der Waals surface area (Å²) < 4.78 is 0. The average Bonchev–Trinajstić information content (AvgIpc) is 3.19. The highest BCUT2D eigenvalue weighted by Gasteiger charge is 2.50. The number of nitriles is 1. The molecular weight excluding hydrogens is 238 g/mol. The molecule has 0 unspecified atom stereocenters. The molecule has 0 spiro atoms. The number of carbonyl (C=O) groups is 1. The number of nitrogens with zero attached hydrogens (tertiary/aromatic N) is 2. The van der Waals surface area contributed by atoms with E-state index >= 15 is 0 Å². The molecule has 1 aromatic heterocycles. The molecule has 1 aromatic carbocycles. The van der Waals surface area contributed by atoms with E-state index in [0.717, 1.165) is 22.3 Å². The third kappa shape index (κ3) is 1.93. The van der Waals surface area contributed by atoms with Gasteiger partial charge < -0.3 is 5.32 Å². The van der Waals surface area contributed by atoms with Crippen molar-refractivity contribution < 1.29 is 4.79 Å². The van der Waals surface area contributed by atoms with Crippen molar-refractivity contribution in [2.75, 3.05) is 5.32 Å². The van der Waals surface area contributed by atoms with Crippen LogP contribution in [0.15, 0.2) is 30.3 Å². The van der Waals surface area contributed by atoms with Gasteiger partial charge in [-0.1, -0.05) is 18.2 Å². The summed E-state index contributed by atoms with van der Waals surface area (Å²) >= 11 is 0. The molecule has 4 nitrogen and oxygen atoms in total. The first kappa shape index (κ1) is 11.7. The van der Waals surface area contributed by atoms with Gasteiger partial charge in [0.15, 0.2) is 0 Å². The molecule has 19 heavy (non-hydrogen) atoms. The molecule has 0 saturated heterocycles. The first-order valence-electron chi connectivity index (χ1n) is 6.24. The van der Waals surface area contributed by atoms with Gasteiger partial charge >= 0.3 is 0 Å². The van der Waals surface area contributed by atoms with Crippen LogP contribution in [0.25, 0.3) is 10.9 Å². The lowest BCUT2D eigenvalue weighted by atomic mass is 10.1. The van der Waals surface area contributed by atoms with E-state index in [-0.39, 0.29) is 5.91 Å². The molecule has 1 heterocycles. The van der Waals surface area contributed by atoms with Crippen LogP contribution in [-0.2, 0) is 4.79 Å². The van der Waals surface area contributed by atoms with Crippen LogP contribution in [0.2, 0.25) is 0 Å². The van der Waals surface area contributed by atoms with Crippen LogP contribution in [0.3, 0.4) is 0 Å². The number of carbonyl (C=O) groups excluding carboxylic acids is 1. The summed E-state index contributed by atoms with van der Waals surface area (Å²) in [5.74, 6) is -0.203. The van der Waals surface area contributed by atoms with Crippen LogP contribution >= 0.6 is 0 Å². The van der Waals surface area contributed by atoms with Gasteiger partial charge in [-0.05, 0) is 31.9 Å².